The highest BCUT2D eigenvalue weighted by molar-refractivity contribution is 6.22. The van der Waals surface area contributed by atoms with Gasteiger partial charge in [-0.15, -0.1) is 0 Å². The summed E-state index contributed by atoms with van der Waals surface area (Å²) in [6, 6.07) is 9.91. The summed E-state index contributed by atoms with van der Waals surface area (Å²) in [5.74, 6) is -2.72. The van der Waals surface area contributed by atoms with Crippen molar-refractivity contribution >= 4 is 29.4 Å². The molecular weight excluding hydrogens is 376 g/mol. The number of carboxylic acid groups (broad SMARTS) is 1. The molecule has 0 saturated carbocycles. The van der Waals surface area contributed by atoms with Crippen molar-refractivity contribution in [2.75, 3.05) is 18.5 Å². The van der Waals surface area contributed by atoms with Crippen LogP contribution in [-0.2, 0) is 4.74 Å². The van der Waals surface area contributed by atoms with Crippen LogP contribution in [0.5, 0.6) is 0 Å². The topological polar surface area (TPSA) is 116 Å². The first-order valence-electron chi connectivity index (χ1n) is 9.18. The maximum absolute atomic E-state index is 12.7. The molecule has 2 aliphatic rings. The van der Waals surface area contributed by atoms with Crippen molar-refractivity contribution in [3.05, 3.63) is 64.7 Å². The van der Waals surface area contributed by atoms with Crippen molar-refractivity contribution in [2.24, 2.45) is 0 Å². The first-order chi connectivity index (χ1) is 13.9. The van der Waals surface area contributed by atoms with Crippen molar-refractivity contribution in [2.45, 2.75) is 18.9 Å². The van der Waals surface area contributed by atoms with Gasteiger partial charge in [-0.05, 0) is 48.7 Å². The Hall–Kier alpha value is -3.52. The summed E-state index contributed by atoms with van der Waals surface area (Å²) in [6.07, 6.45) is 1.57. The molecule has 0 spiro atoms. The number of imide groups is 1. The van der Waals surface area contributed by atoms with Crippen LogP contribution in [0, 0.1) is 0 Å². The molecule has 29 heavy (non-hydrogen) atoms. The molecular formula is C21H17N2O6-. The average molecular weight is 393 g/mol. The van der Waals surface area contributed by atoms with E-state index in [-0.39, 0.29) is 40.8 Å². The van der Waals surface area contributed by atoms with Crippen molar-refractivity contribution < 1.29 is 29.0 Å². The first-order valence-corrected chi connectivity index (χ1v) is 9.18. The second-order valence-electron chi connectivity index (χ2n) is 6.94. The molecule has 1 saturated heterocycles. The average Bonchev–Trinajstić information content (AvgIpc) is 3.31. The number of hydrogen-bond donors (Lipinski definition) is 1. The van der Waals surface area contributed by atoms with Crippen LogP contribution in [-0.4, -0.2) is 47.8 Å². The molecule has 2 aromatic carbocycles. The summed E-state index contributed by atoms with van der Waals surface area (Å²) in [7, 11) is 0. The molecule has 0 aliphatic carbocycles. The summed E-state index contributed by atoms with van der Waals surface area (Å²) in [5.41, 5.74) is 0.846. The van der Waals surface area contributed by atoms with Crippen molar-refractivity contribution in [1.29, 1.82) is 0 Å². The van der Waals surface area contributed by atoms with E-state index in [0.29, 0.717) is 12.3 Å². The van der Waals surface area contributed by atoms with E-state index in [4.69, 9.17) is 4.74 Å². The highest BCUT2D eigenvalue weighted by Gasteiger charge is 2.37. The number of hydrogen-bond acceptors (Lipinski definition) is 6. The van der Waals surface area contributed by atoms with Crippen LogP contribution in [0.1, 0.15) is 54.3 Å². The molecule has 0 radical (unpaired) electrons. The second-order valence-corrected chi connectivity index (χ2v) is 6.94. The highest BCUT2D eigenvalue weighted by atomic mass is 16.5. The molecule has 0 aromatic heterocycles. The largest absolute Gasteiger partial charge is 0.545 e. The Morgan fingerprint density at radius 1 is 1.07 bits per heavy atom. The maximum Gasteiger partial charge on any atom is 0.261 e. The van der Waals surface area contributed by atoms with Gasteiger partial charge in [-0.2, -0.15) is 0 Å². The van der Waals surface area contributed by atoms with Gasteiger partial charge in [0.15, 0.2) is 0 Å². The Balaban J connectivity index is 1.52. The molecule has 8 nitrogen and oxygen atoms in total. The third-order valence-electron chi connectivity index (χ3n) is 5.00. The van der Waals surface area contributed by atoms with E-state index in [1.165, 1.54) is 47.4 Å². The molecule has 2 aliphatic heterocycles. The number of benzene rings is 2. The van der Waals surface area contributed by atoms with E-state index >= 15 is 0 Å². The van der Waals surface area contributed by atoms with Gasteiger partial charge >= 0.3 is 0 Å². The zero-order valence-electron chi connectivity index (χ0n) is 15.3. The van der Waals surface area contributed by atoms with Gasteiger partial charge in [-0.1, -0.05) is 12.1 Å². The predicted molar refractivity (Wildman–Crippen MR) is 99.5 cm³/mol. The number of carboxylic acids is 1. The van der Waals surface area contributed by atoms with Gasteiger partial charge < -0.3 is 20.0 Å². The Morgan fingerprint density at radius 3 is 2.55 bits per heavy atom. The van der Waals surface area contributed by atoms with Crippen molar-refractivity contribution in [3.8, 4) is 0 Å². The fourth-order valence-corrected chi connectivity index (χ4v) is 3.52. The van der Waals surface area contributed by atoms with Crippen molar-refractivity contribution in [1.82, 2.24) is 4.90 Å². The van der Waals surface area contributed by atoms with Crippen LogP contribution < -0.4 is 10.4 Å². The first kappa shape index (κ1) is 18.8. The summed E-state index contributed by atoms with van der Waals surface area (Å²) in [4.78, 5) is 49.8. The summed E-state index contributed by atoms with van der Waals surface area (Å²) < 4.78 is 5.51. The number of carbonyl (C=O) groups excluding carboxylic acids is 4. The monoisotopic (exact) mass is 393 g/mol. The van der Waals surface area contributed by atoms with E-state index in [9.17, 15) is 24.3 Å². The number of aromatic carboxylic acids is 1. The quantitative estimate of drug-likeness (QED) is 0.760. The molecule has 1 fully saturated rings. The van der Waals surface area contributed by atoms with Crippen LogP contribution >= 0.6 is 0 Å². The third-order valence-corrected chi connectivity index (χ3v) is 5.00. The zero-order chi connectivity index (χ0) is 20.5. The lowest BCUT2D eigenvalue weighted by atomic mass is 10.1. The number of anilines is 1. The van der Waals surface area contributed by atoms with Crippen LogP contribution in [0.2, 0.25) is 0 Å². The van der Waals surface area contributed by atoms with Gasteiger partial charge in [0.25, 0.3) is 17.7 Å². The molecule has 1 N–H and O–H groups in total. The number of nitrogens with zero attached hydrogens (tertiary/aromatic N) is 1. The van der Waals surface area contributed by atoms with Crippen molar-refractivity contribution in [3.63, 3.8) is 0 Å². The predicted octanol–water partition coefficient (Wildman–Crippen LogP) is 1.08. The molecule has 1 atom stereocenters. The molecule has 0 unspecified atom stereocenters. The van der Waals surface area contributed by atoms with E-state index in [1.807, 2.05) is 0 Å². The standard InChI is InChI=1S/C21H18N2O6/c24-18(12-3-1-4-13(9-12)21(27)28)22-14-6-7-16-17(10-14)20(26)23(19(16)25)11-15-5-2-8-29-15/h1,3-4,6-7,9-10,15H,2,5,8,11H2,(H,22,24)(H,27,28)/p-1/t15-/m1/s1. The fraction of sp³-hybridized carbons (Fsp3) is 0.238. The molecule has 0 bridgehead atoms. The smallest absolute Gasteiger partial charge is 0.261 e. The molecule has 2 heterocycles. The number of nitrogens with one attached hydrogen (secondary N) is 1. The minimum Gasteiger partial charge on any atom is -0.545 e. The SMILES string of the molecule is O=C([O-])c1cccc(C(=O)Nc2ccc3c(c2)C(=O)N(C[C@H]2CCCO2)C3=O)c1. The van der Waals surface area contributed by atoms with E-state index < -0.39 is 17.8 Å². The fourth-order valence-electron chi connectivity index (χ4n) is 3.52. The van der Waals surface area contributed by atoms with Gasteiger partial charge in [0, 0.05) is 17.9 Å². The number of carbonyl (C=O) groups is 4. The summed E-state index contributed by atoms with van der Waals surface area (Å²) in [6.45, 7) is 0.840. The van der Waals surface area contributed by atoms with Crippen LogP contribution in [0.3, 0.4) is 0 Å². The maximum atomic E-state index is 12.7. The van der Waals surface area contributed by atoms with Crippen LogP contribution in [0.15, 0.2) is 42.5 Å². The van der Waals surface area contributed by atoms with Gasteiger partial charge in [0.05, 0.1) is 29.7 Å². The number of rotatable bonds is 5. The van der Waals surface area contributed by atoms with Crippen LogP contribution in [0.4, 0.5) is 5.69 Å². The van der Waals surface area contributed by atoms with Crippen LogP contribution in [0.25, 0.3) is 0 Å². The highest BCUT2D eigenvalue weighted by Crippen LogP contribution is 2.27. The number of ether oxygens (including phenoxy) is 1. The van der Waals surface area contributed by atoms with Gasteiger partial charge in [-0.3, -0.25) is 19.3 Å². The van der Waals surface area contributed by atoms with E-state index in [1.54, 1.807) is 0 Å². The molecule has 8 heteroatoms. The van der Waals surface area contributed by atoms with E-state index in [2.05, 4.69) is 5.32 Å². The molecule has 148 valence electrons. The summed E-state index contributed by atoms with van der Waals surface area (Å²) in [5, 5.41) is 13.6. The Kier molecular flexibility index (Phi) is 4.85. The molecule has 3 amide bonds. The lowest BCUT2D eigenvalue weighted by Crippen LogP contribution is -2.36. The molecule has 4 rings (SSSR count). The minimum absolute atomic E-state index is 0.114. The second kappa shape index (κ2) is 7.48. The normalized spacial score (nSPS) is 18.1. The Labute approximate surface area is 166 Å². The van der Waals surface area contributed by atoms with Gasteiger partial charge in [-0.25, -0.2) is 0 Å². The third kappa shape index (κ3) is 3.62. The Morgan fingerprint density at radius 2 is 1.83 bits per heavy atom. The summed E-state index contributed by atoms with van der Waals surface area (Å²) >= 11 is 0. The number of fused-ring (bicyclic) bond motifs is 1. The number of amides is 3. The zero-order valence-corrected chi connectivity index (χ0v) is 15.3. The molecule has 2 aromatic rings. The Bertz CT molecular complexity index is 1030. The van der Waals surface area contributed by atoms with E-state index in [0.717, 1.165) is 12.8 Å². The van der Waals surface area contributed by atoms with Gasteiger partial charge in [0.1, 0.15) is 0 Å². The van der Waals surface area contributed by atoms with Gasteiger partial charge in [0.2, 0.25) is 0 Å². The minimum atomic E-state index is -1.38. The lowest BCUT2D eigenvalue weighted by molar-refractivity contribution is -0.255. The lowest BCUT2D eigenvalue weighted by Gasteiger charge is -2.17.